The summed E-state index contributed by atoms with van der Waals surface area (Å²) < 4.78 is 0. The Kier molecular flexibility index (Phi) is 5.04. The lowest BCUT2D eigenvalue weighted by Gasteiger charge is -2.32. The third-order valence-electron chi connectivity index (χ3n) is 3.42. The summed E-state index contributed by atoms with van der Waals surface area (Å²) in [6, 6.07) is 2.12. The van der Waals surface area contributed by atoms with Crippen LogP contribution >= 0.6 is 0 Å². The average Bonchev–Trinajstić information content (AvgIpc) is 2.84. The predicted octanol–water partition coefficient (Wildman–Crippen LogP) is 0.742. The first-order valence-electron chi connectivity index (χ1n) is 6.58. The largest absolute Gasteiger partial charge is 0.367 e. The van der Waals surface area contributed by atoms with Gasteiger partial charge in [-0.3, -0.25) is 0 Å². The van der Waals surface area contributed by atoms with E-state index >= 15 is 0 Å². The molecule has 0 amide bonds. The fourth-order valence-corrected chi connectivity index (χ4v) is 2.20. The molecule has 0 spiro atoms. The zero-order chi connectivity index (χ0) is 11.9. The smallest absolute Gasteiger partial charge is 0.0220 e. The highest BCUT2D eigenvalue weighted by Crippen LogP contribution is 2.00. The van der Waals surface area contributed by atoms with Gasteiger partial charge in [0.1, 0.15) is 0 Å². The molecule has 17 heavy (non-hydrogen) atoms. The van der Waals surface area contributed by atoms with Crippen molar-refractivity contribution in [2.45, 2.75) is 13.0 Å². The third kappa shape index (κ3) is 4.50. The minimum atomic E-state index is 0.978. The van der Waals surface area contributed by atoms with Gasteiger partial charge >= 0.3 is 0 Å². The lowest BCUT2D eigenvalue weighted by Crippen LogP contribution is -2.45. The first kappa shape index (κ1) is 12.6. The van der Waals surface area contributed by atoms with Gasteiger partial charge in [0, 0.05) is 45.1 Å². The van der Waals surface area contributed by atoms with Crippen LogP contribution < -0.4 is 5.32 Å². The van der Waals surface area contributed by atoms with Crippen molar-refractivity contribution >= 4 is 0 Å². The Morgan fingerprint density at radius 2 is 2.12 bits per heavy atom. The summed E-state index contributed by atoms with van der Waals surface area (Å²) >= 11 is 0. The normalized spacial score (nSPS) is 18.6. The predicted molar refractivity (Wildman–Crippen MR) is 71.1 cm³/mol. The lowest BCUT2D eigenvalue weighted by atomic mass is 10.3. The Bertz CT molecular complexity index is 288. The molecule has 1 aliphatic rings. The number of hydrogen-bond acceptors (Lipinski definition) is 3. The summed E-state index contributed by atoms with van der Waals surface area (Å²) in [7, 11) is 2.20. The van der Waals surface area contributed by atoms with Crippen LogP contribution in [-0.2, 0) is 6.54 Å². The summed E-state index contributed by atoms with van der Waals surface area (Å²) in [5, 5.41) is 3.48. The van der Waals surface area contributed by atoms with E-state index < -0.39 is 0 Å². The van der Waals surface area contributed by atoms with E-state index in [1.54, 1.807) is 0 Å². The molecule has 2 heterocycles. The van der Waals surface area contributed by atoms with Crippen molar-refractivity contribution in [3.05, 3.63) is 24.0 Å². The molecule has 1 fully saturated rings. The number of aromatic nitrogens is 1. The topological polar surface area (TPSA) is 34.3 Å². The molecule has 0 radical (unpaired) electrons. The molecule has 0 unspecified atom stereocenters. The van der Waals surface area contributed by atoms with Crippen molar-refractivity contribution in [1.82, 2.24) is 20.1 Å². The van der Waals surface area contributed by atoms with Gasteiger partial charge in [-0.05, 0) is 38.2 Å². The zero-order valence-corrected chi connectivity index (χ0v) is 10.8. The van der Waals surface area contributed by atoms with Crippen LogP contribution in [0.3, 0.4) is 0 Å². The molecule has 0 bridgehead atoms. The molecule has 2 N–H and O–H groups in total. The van der Waals surface area contributed by atoms with E-state index in [0.29, 0.717) is 0 Å². The van der Waals surface area contributed by atoms with E-state index in [1.807, 2.05) is 12.4 Å². The Labute approximate surface area is 104 Å². The highest BCUT2D eigenvalue weighted by molar-refractivity contribution is 5.07. The van der Waals surface area contributed by atoms with Crippen LogP contribution in [0.25, 0.3) is 0 Å². The van der Waals surface area contributed by atoms with Crippen LogP contribution in [-0.4, -0.2) is 61.1 Å². The Hall–Kier alpha value is -0.840. The summed E-state index contributed by atoms with van der Waals surface area (Å²) in [5.74, 6) is 0. The van der Waals surface area contributed by atoms with Crippen LogP contribution in [0.15, 0.2) is 18.5 Å². The number of rotatable bonds is 6. The quantitative estimate of drug-likeness (QED) is 0.715. The second-order valence-electron chi connectivity index (χ2n) is 4.89. The first-order chi connectivity index (χ1) is 8.34. The van der Waals surface area contributed by atoms with E-state index in [9.17, 15) is 0 Å². The third-order valence-corrected chi connectivity index (χ3v) is 3.42. The van der Waals surface area contributed by atoms with E-state index in [1.165, 1.54) is 44.7 Å². The number of H-pyrrole nitrogens is 1. The van der Waals surface area contributed by atoms with Gasteiger partial charge in [-0.2, -0.15) is 0 Å². The van der Waals surface area contributed by atoms with Crippen LogP contribution in [0.5, 0.6) is 0 Å². The van der Waals surface area contributed by atoms with Gasteiger partial charge in [0.25, 0.3) is 0 Å². The number of likely N-dealkylation sites (N-methyl/N-ethyl adjacent to an activating group) is 1. The fourth-order valence-electron chi connectivity index (χ4n) is 2.20. The van der Waals surface area contributed by atoms with Crippen LogP contribution in [0.1, 0.15) is 12.0 Å². The molecule has 4 nitrogen and oxygen atoms in total. The molecule has 4 heteroatoms. The van der Waals surface area contributed by atoms with Gasteiger partial charge in [0.2, 0.25) is 0 Å². The van der Waals surface area contributed by atoms with Gasteiger partial charge in [-0.25, -0.2) is 0 Å². The zero-order valence-electron chi connectivity index (χ0n) is 10.8. The average molecular weight is 236 g/mol. The maximum atomic E-state index is 3.48. The molecule has 1 aliphatic heterocycles. The molecule has 0 aliphatic carbocycles. The molecular formula is C13H24N4. The van der Waals surface area contributed by atoms with Crippen LogP contribution in [0.2, 0.25) is 0 Å². The molecule has 0 saturated carbocycles. The Morgan fingerprint density at radius 1 is 1.29 bits per heavy atom. The maximum absolute atomic E-state index is 3.48. The Morgan fingerprint density at radius 3 is 2.82 bits per heavy atom. The molecule has 2 rings (SSSR count). The molecule has 1 aromatic heterocycles. The van der Waals surface area contributed by atoms with E-state index in [0.717, 1.165) is 13.1 Å². The maximum Gasteiger partial charge on any atom is 0.0220 e. The van der Waals surface area contributed by atoms with Crippen molar-refractivity contribution in [3.8, 4) is 0 Å². The second kappa shape index (κ2) is 6.79. The Balaban J connectivity index is 1.49. The monoisotopic (exact) mass is 236 g/mol. The number of aromatic amines is 1. The summed E-state index contributed by atoms with van der Waals surface area (Å²) in [4.78, 5) is 8.04. The first-order valence-corrected chi connectivity index (χ1v) is 6.58. The molecule has 0 aromatic carbocycles. The van der Waals surface area contributed by atoms with Crippen molar-refractivity contribution in [2.24, 2.45) is 0 Å². The summed E-state index contributed by atoms with van der Waals surface area (Å²) in [5.41, 5.74) is 1.34. The molecule has 0 atom stereocenters. The van der Waals surface area contributed by atoms with Crippen molar-refractivity contribution in [1.29, 1.82) is 0 Å². The van der Waals surface area contributed by atoms with E-state index in [4.69, 9.17) is 0 Å². The van der Waals surface area contributed by atoms with Crippen molar-refractivity contribution < 1.29 is 0 Å². The number of hydrogen-bond donors (Lipinski definition) is 2. The molecular weight excluding hydrogens is 212 g/mol. The lowest BCUT2D eigenvalue weighted by molar-refractivity contribution is 0.153. The van der Waals surface area contributed by atoms with Gasteiger partial charge in [-0.15, -0.1) is 0 Å². The fraction of sp³-hybridized carbons (Fsp3) is 0.692. The standard InChI is InChI=1S/C13H24N4/c1-16-7-9-17(10-8-16)6-2-4-14-11-13-3-5-15-12-13/h3,5,12,14-15H,2,4,6-11H2,1H3. The molecule has 96 valence electrons. The van der Waals surface area contributed by atoms with Crippen LogP contribution in [0.4, 0.5) is 0 Å². The van der Waals surface area contributed by atoms with E-state index in [-0.39, 0.29) is 0 Å². The minimum absolute atomic E-state index is 0.978. The van der Waals surface area contributed by atoms with Gasteiger partial charge in [0.15, 0.2) is 0 Å². The van der Waals surface area contributed by atoms with Gasteiger partial charge < -0.3 is 20.1 Å². The highest BCUT2D eigenvalue weighted by Gasteiger charge is 2.12. The number of piperazine rings is 1. The summed E-state index contributed by atoms with van der Waals surface area (Å²) in [6.07, 6.45) is 5.27. The van der Waals surface area contributed by atoms with Crippen LogP contribution in [0, 0.1) is 0 Å². The van der Waals surface area contributed by atoms with Gasteiger partial charge in [0.05, 0.1) is 0 Å². The number of nitrogens with one attached hydrogen (secondary N) is 2. The molecule has 1 saturated heterocycles. The van der Waals surface area contributed by atoms with Gasteiger partial charge in [-0.1, -0.05) is 0 Å². The minimum Gasteiger partial charge on any atom is -0.367 e. The van der Waals surface area contributed by atoms with Crippen molar-refractivity contribution in [2.75, 3.05) is 46.3 Å². The SMILES string of the molecule is CN1CCN(CCCNCc2cc[nH]c2)CC1. The van der Waals surface area contributed by atoms with Crippen molar-refractivity contribution in [3.63, 3.8) is 0 Å². The highest BCUT2D eigenvalue weighted by atomic mass is 15.2. The second-order valence-corrected chi connectivity index (χ2v) is 4.89. The summed E-state index contributed by atoms with van der Waals surface area (Å²) in [6.45, 7) is 8.22. The van der Waals surface area contributed by atoms with E-state index in [2.05, 4.69) is 33.2 Å². The number of nitrogens with zero attached hydrogens (tertiary/aromatic N) is 2. The molecule has 1 aromatic rings.